The van der Waals surface area contributed by atoms with Gasteiger partial charge in [-0.15, -0.1) is 0 Å². The molecule has 2 rings (SSSR count). The quantitative estimate of drug-likeness (QED) is 0.840. The summed E-state index contributed by atoms with van der Waals surface area (Å²) in [6.07, 6.45) is 0. The summed E-state index contributed by atoms with van der Waals surface area (Å²) in [5.41, 5.74) is -0.0793. The van der Waals surface area contributed by atoms with Crippen LogP contribution in [0.3, 0.4) is 0 Å². The fraction of sp³-hybridized carbons (Fsp3) is 0. The fourth-order valence-electron chi connectivity index (χ4n) is 1.41. The lowest BCUT2D eigenvalue weighted by atomic mass is 10.3. The molecule has 0 heterocycles. The predicted molar refractivity (Wildman–Crippen MR) is 73.0 cm³/mol. The van der Waals surface area contributed by atoms with Crippen molar-refractivity contribution in [1.29, 1.82) is 0 Å². The van der Waals surface area contributed by atoms with Crippen molar-refractivity contribution in [3.63, 3.8) is 0 Å². The Balaban J connectivity index is 2.33. The lowest BCUT2D eigenvalue weighted by Crippen LogP contribution is -2.12. The van der Waals surface area contributed by atoms with Crippen LogP contribution in [0.5, 0.6) is 5.75 Å². The van der Waals surface area contributed by atoms with Gasteiger partial charge in [0.1, 0.15) is 11.6 Å². The van der Waals surface area contributed by atoms with Gasteiger partial charge in [0, 0.05) is 10.5 Å². The zero-order chi connectivity index (χ0) is 14.0. The summed E-state index contributed by atoms with van der Waals surface area (Å²) < 4.78 is 39.8. The molecule has 0 aliphatic carbocycles. The van der Waals surface area contributed by atoms with Crippen LogP contribution in [0.2, 0.25) is 0 Å². The van der Waals surface area contributed by atoms with Crippen molar-refractivity contribution in [3.05, 3.63) is 52.8 Å². The van der Waals surface area contributed by atoms with Crippen molar-refractivity contribution in [1.82, 2.24) is 0 Å². The Bertz CT molecular complexity index is 701. The van der Waals surface area contributed by atoms with E-state index in [0.29, 0.717) is 0 Å². The van der Waals surface area contributed by atoms with Gasteiger partial charge in [-0.1, -0.05) is 15.9 Å². The van der Waals surface area contributed by atoms with E-state index < -0.39 is 21.6 Å². The van der Waals surface area contributed by atoms with Gasteiger partial charge in [-0.25, -0.2) is 12.8 Å². The van der Waals surface area contributed by atoms with Gasteiger partial charge in [-0.3, -0.25) is 4.72 Å². The molecular formula is C12H9BrFNO3S. The molecule has 0 spiro atoms. The Morgan fingerprint density at radius 2 is 1.74 bits per heavy atom. The van der Waals surface area contributed by atoms with Crippen molar-refractivity contribution >= 4 is 31.6 Å². The van der Waals surface area contributed by atoms with Gasteiger partial charge >= 0.3 is 0 Å². The monoisotopic (exact) mass is 345 g/mol. The van der Waals surface area contributed by atoms with E-state index >= 15 is 0 Å². The van der Waals surface area contributed by atoms with E-state index in [0.717, 1.165) is 22.7 Å². The van der Waals surface area contributed by atoms with E-state index in [-0.39, 0.29) is 10.6 Å². The van der Waals surface area contributed by atoms with Crippen molar-refractivity contribution < 1.29 is 17.9 Å². The highest BCUT2D eigenvalue weighted by molar-refractivity contribution is 9.10. The van der Waals surface area contributed by atoms with Crippen molar-refractivity contribution in [2.45, 2.75) is 4.90 Å². The number of hydrogen-bond acceptors (Lipinski definition) is 3. The van der Waals surface area contributed by atoms with E-state index in [1.807, 2.05) is 0 Å². The SMILES string of the molecule is O=S(=O)(Nc1ccc(F)cc1O)c1ccc(Br)cc1. The maximum atomic E-state index is 12.8. The van der Waals surface area contributed by atoms with Crippen LogP contribution in [0.1, 0.15) is 0 Å². The second-order valence-corrected chi connectivity index (χ2v) is 6.32. The fourth-order valence-corrected chi connectivity index (χ4v) is 2.75. The standard InChI is InChI=1S/C12H9BrFNO3S/c13-8-1-4-10(5-2-8)19(17,18)15-11-6-3-9(14)7-12(11)16/h1-7,15-16H. The normalized spacial score (nSPS) is 11.3. The van der Waals surface area contributed by atoms with Gasteiger partial charge in [0.25, 0.3) is 10.0 Å². The molecule has 0 saturated carbocycles. The van der Waals surface area contributed by atoms with Crippen molar-refractivity contribution in [3.8, 4) is 5.75 Å². The second-order valence-electron chi connectivity index (χ2n) is 3.72. The molecule has 0 unspecified atom stereocenters. The highest BCUT2D eigenvalue weighted by Gasteiger charge is 2.16. The molecule has 0 aliphatic rings. The molecule has 19 heavy (non-hydrogen) atoms. The number of rotatable bonds is 3. The van der Waals surface area contributed by atoms with Crippen LogP contribution < -0.4 is 4.72 Å². The van der Waals surface area contributed by atoms with Gasteiger partial charge in [-0.05, 0) is 36.4 Å². The van der Waals surface area contributed by atoms with E-state index in [2.05, 4.69) is 20.7 Å². The van der Waals surface area contributed by atoms with Crippen molar-refractivity contribution in [2.75, 3.05) is 4.72 Å². The smallest absolute Gasteiger partial charge is 0.262 e. The molecule has 2 aromatic rings. The average Bonchev–Trinajstić information content (AvgIpc) is 2.33. The average molecular weight is 346 g/mol. The Morgan fingerprint density at radius 3 is 2.32 bits per heavy atom. The maximum Gasteiger partial charge on any atom is 0.262 e. The minimum absolute atomic E-state index is 0.0411. The molecule has 0 aromatic heterocycles. The van der Waals surface area contributed by atoms with Crippen LogP contribution in [0.15, 0.2) is 51.8 Å². The molecular weight excluding hydrogens is 337 g/mol. The first kappa shape index (κ1) is 13.8. The van der Waals surface area contributed by atoms with Gasteiger partial charge in [0.15, 0.2) is 0 Å². The lowest BCUT2D eigenvalue weighted by molar-refractivity contribution is 0.471. The maximum absolute atomic E-state index is 12.8. The highest BCUT2D eigenvalue weighted by atomic mass is 79.9. The number of anilines is 1. The second kappa shape index (κ2) is 5.18. The number of phenolic OH excluding ortho intramolecular Hbond substituents is 1. The van der Waals surface area contributed by atoms with Crippen LogP contribution in [-0.2, 0) is 10.0 Å². The van der Waals surface area contributed by atoms with E-state index in [1.54, 1.807) is 12.1 Å². The zero-order valence-corrected chi connectivity index (χ0v) is 11.9. The van der Waals surface area contributed by atoms with Crippen LogP contribution >= 0.6 is 15.9 Å². The Morgan fingerprint density at radius 1 is 1.11 bits per heavy atom. The van der Waals surface area contributed by atoms with Crippen LogP contribution in [0.4, 0.5) is 10.1 Å². The molecule has 0 saturated heterocycles. The molecule has 7 heteroatoms. The number of phenols is 1. The van der Waals surface area contributed by atoms with E-state index in [9.17, 15) is 17.9 Å². The molecule has 0 radical (unpaired) electrons. The van der Waals surface area contributed by atoms with Crippen molar-refractivity contribution in [2.24, 2.45) is 0 Å². The number of nitrogens with one attached hydrogen (secondary N) is 1. The molecule has 0 atom stereocenters. The number of halogens is 2. The zero-order valence-electron chi connectivity index (χ0n) is 9.47. The minimum Gasteiger partial charge on any atom is -0.506 e. The molecule has 100 valence electrons. The summed E-state index contributed by atoms with van der Waals surface area (Å²) in [6, 6.07) is 9.03. The summed E-state index contributed by atoms with van der Waals surface area (Å²) in [4.78, 5) is 0.0411. The van der Waals surface area contributed by atoms with Gasteiger partial charge in [0.2, 0.25) is 0 Å². The number of aromatic hydroxyl groups is 1. The van der Waals surface area contributed by atoms with E-state index in [1.165, 1.54) is 12.1 Å². The molecule has 0 amide bonds. The van der Waals surface area contributed by atoms with E-state index in [4.69, 9.17) is 0 Å². The third kappa shape index (κ3) is 3.24. The third-order valence-corrected chi connectivity index (χ3v) is 4.24. The molecule has 0 bridgehead atoms. The Kier molecular flexibility index (Phi) is 3.77. The predicted octanol–water partition coefficient (Wildman–Crippen LogP) is 3.09. The molecule has 2 aromatic carbocycles. The topological polar surface area (TPSA) is 66.4 Å². The summed E-state index contributed by atoms with van der Waals surface area (Å²) in [6.45, 7) is 0. The minimum atomic E-state index is -3.82. The van der Waals surface area contributed by atoms with Gasteiger partial charge in [-0.2, -0.15) is 0 Å². The number of benzene rings is 2. The first-order valence-corrected chi connectivity index (χ1v) is 7.43. The summed E-state index contributed by atoms with van der Waals surface area (Å²) >= 11 is 3.20. The van der Waals surface area contributed by atoms with Crippen LogP contribution in [0.25, 0.3) is 0 Å². The van der Waals surface area contributed by atoms with Gasteiger partial charge in [0.05, 0.1) is 10.6 Å². The Hall–Kier alpha value is -1.60. The molecule has 0 fully saturated rings. The Labute approximate surface area is 118 Å². The molecule has 0 aliphatic heterocycles. The summed E-state index contributed by atoms with van der Waals surface area (Å²) in [5.74, 6) is -1.12. The number of sulfonamides is 1. The van der Waals surface area contributed by atoms with Crippen LogP contribution in [0, 0.1) is 5.82 Å². The lowest BCUT2D eigenvalue weighted by Gasteiger charge is -2.09. The molecule has 4 nitrogen and oxygen atoms in total. The van der Waals surface area contributed by atoms with Crippen LogP contribution in [-0.4, -0.2) is 13.5 Å². The third-order valence-electron chi connectivity index (χ3n) is 2.33. The first-order chi connectivity index (χ1) is 8.88. The first-order valence-electron chi connectivity index (χ1n) is 5.15. The summed E-state index contributed by atoms with van der Waals surface area (Å²) in [7, 11) is -3.82. The highest BCUT2D eigenvalue weighted by Crippen LogP contribution is 2.26. The number of hydrogen-bond donors (Lipinski definition) is 2. The largest absolute Gasteiger partial charge is 0.506 e. The van der Waals surface area contributed by atoms with Gasteiger partial charge < -0.3 is 5.11 Å². The summed E-state index contributed by atoms with van der Waals surface area (Å²) in [5, 5.41) is 9.47. The molecule has 2 N–H and O–H groups in total.